The molecule has 1 amide bonds. The monoisotopic (exact) mass is 454 g/mol. The van der Waals surface area contributed by atoms with Crippen molar-refractivity contribution in [3.05, 3.63) is 95.2 Å². The average molecular weight is 455 g/mol. The summed E-state index contributed by atoms with van der Waals surface area (Å²) in [6, 6.07) is 23.5. The molecule has 1 aliphatic rings. The summed E-state index contributed by atoms with van der Waals surface area (Å²) in [7, 11) is 0. The van der Waals surface area contributed by atoms with Crippen molar-refractivity contribution in [2.24, 2.45) is 0 Å². The van der Waals surface area contributed by atoms with Crippen LogP contribution in [-0.2, 0) is 12.8 Å². The number of nitrogens with one attached hydrogen (secondary N) is 1. The van der Waals surface area contributed by atoms with Crippen molar-refractivity contribution in [3.8, 4) is 0 Å². The Morgan fingerprint density at radius 2 is 1.76 bits per heavy atom. The van der Waals surface area contributed by atoms with Gasteiger partial charge in [-0.1, -0.05) is 42.0 Å². The Kier molecular flexibility index (Phi) is 6.05. The molecule has 0 radical (unpaired) electrons. The molecule has 0 fully saturated rings. The first kappa shape index (κ1) is 21.5. The third-order valence-electron chi connectivity index (χ3n) is 6.16. The fraction of sp³-hybridized carbons (Fsp3) is 0.214. The molecule has 0 saturated heterocycles. The molecule has 166 valence electrons. The van der Waals surface area contributed by atoms with Gasteiger partial charge in [-0.15, -0.1) is 11.8 Å². The first-order valence-electron chi connectivity index (χ1n) is 11.4. The van der Waals surface area contributed by atoms with E-state index in [4.69, 9.17) is 0 Å². The summed E-state index contributed by atoms with van der Waals surface area (Å²) in [5.74, 6) is 0.316. The molecule has 1 aliphatic carbocycles. The van der Waals surface area contributed by atoms with Crippen LogP contribution in [0.1, 0.15) is 44.8 Å². The van der Waals surface area contributed by atoms with Gasteiger partial charge in [0.05, 0.1) is 11.3 Å². The Labute approximate surface area is 198 Å². The predicted octanol–water partition coefficient (Wildman–Crippen LogP) is 6.51. The van der Waals surface area contributed by atoms with Gasteiger partial charge in [-0.05, 0) is 74.6 Å². The van der Waals surface area contributed by atoms with Crippen LogP contribution in [0.4, 0.5) is 5.69 Å². The molecule has 1 aromatic heterocycles. The molecule has 33 heavy (non-hydrogen) atoms. The number of para-hydroxylation sites is 1. The number of fused-ring (bicyclic) bond motifs is 3. The van der Waals surface area contributed by atoms with Gasteiger partial charge in [-0.3, -0.25) is 14.2 Å². The van der Waals surface area contributed by atoms with Crippen molar-refractivity contribution in [1.29, 1.82) is 0 Å². The highest BCUT2D eigenvalue weighted by atomic mass is 32.2. The van der Waals surface area contributed by atoms with Crippen LogP contribution < -0.4 is 5.32 Å². The highest BCUT2D eigenvalue weighted by Crippen LogP contribution is 2.33. The number of aromatic nitrogens is 1. The molecular formula is C28H26N2O2S. The number of aryl methyl sites for hydroxylation is 2. The Bertz CT molecular complexity index is 1360. The normalized spacial score (nSPS) is 13.0. The van der Waals surface area contributed by atoms with Crippen molar-refractivity contribution in [2.45, 2.75) is 37.5 Å². The second-order valence-corrected chi connectivity index (χ2v) is 9.57. The van der Waals surface area contributed by atoms with Crippen molar-refractivity contribution >= 4 is 40.2 Å². The molecule has 5 heteroatoms. The van der Waals surface area contributed by atoms with Gasteiger partial charge in [0, 0.05) is 27.2 Å². The van der Waals surface area contributed by atoms with Crippen LogP contribution in [-0.4, -0.2) is 22.1 Å². The number of benzene rings is 3. The van der Waals surface area contributed by atoms with E-state index in [0.29, 0.717) is 11.3 Å². The van der Waals surface area contributed by atoms with Crippen LogP contribution in [0.5, 0.6) is 0 Å². The Balaban J connectivity index is 1.32. The Morgan fingerprint density at radius 3 is 2.64 bits per heavy atom. The molecule has 0 aliphatic heterocycles. The Morgan fingerprint density at radius 1 is 0.939 bits per heavy atom. The smallest absolute Gasteiger partial charge is 0.255 e. The molecule has 0 saturated carbocycles. The highest BCUT2D eigenvalue weighted by molar-refractivity contribution is 8.00. The zero-order chi connectivity index (χ0) is 22.8. The van der Waals surface area contributed by atoms with Gasteiger partial charge in [0.1, 0.15) is 0 Å². The van der Waals surface area contributed by atoms with E-state index in [0.717, 1.165) is 40.9 Å². The lowest BCUT2D eigenvalue weighted by atomic mass is 9.96. The summed E-state index contributed by atoms with van der Waals surface area (Å²) < 4.78 is 1.94. The van der Waals surface area contributed by atoms with Crippen LogP contribution in [0.15, 0.2) is 77.7 Å². The van der Waals surface area contributed by atoms with Crippen LogP contribution in [0.2, 0.25) is 0 Å². The SMILES string of the molecule is Cc1cccc(C(=O)Nc2cccc(SCC(=O)n3c4c(c5ccccc53)CCCC4)c2)c1. The molecule has 3 aromatic carbocycles. The van der Waals surface area contributed by atoms with E-state index in [9.17, 15) is 9.59 Å². The summed E-state index contributed by atoms with van der Waals surface area (Å²) in [6.07, 6.45) is 4.32. The van der Waals surface area contributed by atoms with Gasteiger partial charge in [0.15, 0.2) is 0 Å². The Hall–Kier alpha value is -3.31. The van der Waals surface area contributed by atoms with Gasteiger partial charge < -0.3 is 5.32 Å². The fourth-order valence-corrected chi connectivity index (χ4v) is 5.45. The first-order valence-corrected chi connectivity index (χ1v) is 12.3. The lowest BCUT2D eigenvalue weighted by Gasteiger charge is -2.15. The third kappa shape index (κ3) is 4.46. The van der Waals surface area contributed by atoms with Crippen molar-refractivity contribution < 1.29 is 9.59 Å². The predicted molar refractivity (Wildman–Crippen MR) is 136 cm³/mol. The zero-order valence-electron chi connectivity index (χ0n) is 18.6. The summed E-state index contributed by atoms with van der Waals surface area (Å²) in [6.45, 7) is 1.97. The molecule has 4 nitrogen and oxygen atoms in total. The number of hydrogen-bond donors (Lipinski definition) is 1. The maximum atomic E-state index is 13.3. The standard InChI is InChI=1S/C28H26N2O2S/c1-19-8-6-9-20(16-19)28(32)29-21-10-7-11-22(17-21)33-18-27(31)30-25-14-4-2-12-23(25)24-13-3-5-15-26(24)30/h2,4,6-12,14,16-17H,3,5,13,15,18H2,1H3,(H,29,32). The van der Waals surface area contributed by atoms with E-state index >= 15 is 0 Å². The van der Waals surface area contributed by atoms with E-state index in [1.807, 2.05) is 66.1 Å². The minimum atomic E-state index is -0.137. The van der Waals surface area contributed by atoms with Crippen molar-refractivity contribution in [2.75, 3.05) is 11.1 Å². The van der Waals surface area contributed by atoms with Gasteiger partial charge in [-0.25, -0.2) is 0 Å². The van der Waals surface area contributed by atoms with E-state index in [-0.39, 0.29) is 11.8 Å². The molecule has 1 heterocycles. The van der Waals surface area contributed by atoms with E-state index in [1.165, 1.54) is 34.8 Å². The quantitative estimate of drug-likeness (QED) is 0.350. The van der Waals surface area contributed by atoms with Gasteiger partial charge in [0.2, 0.25) is 5.91 Å². The number of anilines is 1. The van der Waals surface area contributed by atoms with Crippen LogP contribution >= 0.6 is 11.8 Å². The van der Waals surface area contributed by atoms with Crippen LogP contribution in [0, 0.1) is 6.92 Å². The second kappa shape index (κ2) is 9.28. The van der Waals surface area contributed by atoms with Gasteiger partial charge in [-0.2, -0.15) is 0 Å². The molecule has 0 unspecified atom stereocenters. The minimum absolute atomic E-state index is 0.105. The van der Waals surface area contributed by atoms with E-state index < -0.39 is 0 Å². The lowest BCUT2D eigenvalue weighted by molar-refractivity contribution is 0.0942. The third-order valence-corrected chi connectivity index (χ3v) is 7.14. The number of carbonyl (C=O) groups is 2. The maximum absolute atomic E-state index is 13.3. The summed E-state index contributed by atoms with van der Waals surface area (Å²) in [5, 5.41) is 4.18. The second-order valence-electron chi connectivity index (χ2n) is 8.52. The number of amides is 1. The first-order chi connectivity index (χ1) is 16.1. The largest absolute Gasteiger partial charge is 0.322 e. The fourth-order valence-electron chi connectivity index (χ4n) is 4.64. The van der Waals surface area contributed by atoms with Gasteiger partial charge >= 0.3 is 0 Å². The zero-order valence-corrected chi connectivity index (χ0v) is 19.5. The van der Waals surface area contributed by atoms with Crippen LogP contribution in [0.3, 0.4) is 0 Å². The van der Waals surface area contributed by atoms with Gasteiger partial charge in [0.25, 0.3) is 5.91 Å². The lowest BCUT2D eigenvalue weighted by Crippen LogP contribution is -2.18. The molecule has 0 atom stereocenters. The topological polar surface area (TPSA) is 51.1 Å². The number of carbonyl (C=O) groups excluding carboxylic acids is 2. The summed E-state index contributed by atoms with van der Waals surface area (Å²) >= 11 is 1.50. The highest BCUT2D eigenvalue weighted by Gasteiger charge is 2.23. The number of hydrogen-bond acceptors (Lipinski definition) is 3. The molecular weight excluding hydrogens is 428 g/mol. The van der Waals surface area contributed by atoms with E-state index in [2.05, 4.69) is 23.5 Å². The number of rotatable bonds is 5. The molecule has 0 spiro atoms. The van der Waals surface area contributed by atoms with Crippen molar-refractivity contribution in [3.63, 3.8) is 0 Å². The maximum Gasteiger partial charge on any atom is 0.255 e. The number of nitrogens with zero attached hydrogens (tertiary/aromatic N) is 1. The van der Waals surface area contributed by atoms with E-state index in [1.54, 1.807) is 0 Å². The van der Waals surface area contributed by atoms with Crippen LogP contribution in [0.25, 0.3) is 10.9 Å². The summed E-state index contributed by atoms with van der Waals surface area (Å²) in [4.78, 5) is 26.9. The summed E-state index contributed by atoms with van der Waals surface area (Å²) in [5.41, 5.74) is 5.96. The number of thioether (sulfide) groups is 1. The minimum Gasteiger partial charge on any atom is -0.322 e. The molecule has 5 rings (SSSR count). The van der Waals surface area contributed by atoms with Crippen molar-refractivity contribution in [1.82, 2.24) is 4.57 Å². The molecule has 1 N–H and O–H groups in total. The molecule has 4 aromatic rings. The molecule has 0 bridgehead atoms. The average Bonchev–Trinajstić information content (AvgIpc) is 3.17.